The van der Waals surface area contributed by atoms with E-state index in [0.717, 1.165) is 5.56 Å². The van der Waals surface area contributed by atoms with E-state index in [4.69, 9.17) is 11.6 Å². The van der Waals surface area contributed by atoms with Gasteiger partial charge in [0.15, 0.2) is 11.0 Å². The van der Waals surface area contributed by atoms with Gasteiger partial charge < -0.3 is 5.32 Å². The van der Waals surface area contributed by atoms with Gasteiger partial charge in [0, 0.05) is 11.9 Å². The molecule has 2 heterocycles. The number of benzene rings is 1. The largest absolute Gasteiger partial charge is 0.300 e. The highest BCUT2D eigenvalue weighted by Gasteiger charge is 2.24. The Morgan fingerprint density at radius 3 is 2.67 bits per heavy atom. The molecular weight excluding hydrogens is 366 g/mol. The molecule has 122 valence electrons. The summed E-state index contributed by atoms with van der Waals surface area (Å²) in [4.78, 5) is 33.2. The number of halogens is 1. The summed E-state index contributed by atoms with van der Waals surface area (Å²) in [5, 5.41) is 4.25. The number of Topliss-reactive ketones (excluding diaryl/α,β-unsaturated/α-hetero) is 1. The van der Waals surface area contributed by atoms with Crippen LogP contribution in [-0.4, -0.2) is 21.8 Å². The third-order valence-electron chi connectivity index (χ3n) is 3.12. The second kappa shape index (κ2) is 6.88. The van der Waals surface area contributed by atoms with Crippen LogP contribution in [0.2, 0.25) is 5.02 Å². The Labute approximate surface area is 151 Å². The van der Waals surface area contributed by atoms with Crippen LogP contribution < -0.4 is 5.32 Å². The zero-order valence-corrected chi connectivity index (χ0v) is 15.2. The standard InChI is InChI=1S/C16H12ClN3O2S2/c1-8-13(9(2)21)24-15(18-8)20-16-19-14(22)12(23-16)7-10-3-5-11(17)6-4-10/h3-7H,1-2H3,(H,18,19,20,22)/b12-7-. The van der Waals surface area contributed by atoms with Gasteiger partial charge in [-0.15, -0.1) is 0 Å². The van der Waals surface area contributed by atoms with Crippen LogP contribution in [0.4, 0.5) is 5.13 Å². The van der Waals surface area contributed by atoms with Gasteiger partial charge in [-0.25, -0.2) is 4.98 Å². The van der Waals surface area contributed by atoms with Crippen LogP contribution in [0.1, 0.15) is 27.9 Å². The van der Waals surface area contributed by atoms with Crippen molar-refractivity contribution >= 4 is 62.8 Å². The Balaban J connectivity index is 1.82. The molecule has 0 bridgehead atoms. The minimum Gasteiger partial charge on any atom is -0.300 e. The third-order valence-corrected chi connectivity index (χ3v) is 5.43. The number of carbonyl (C=O) groups is 2. The van der Waals surface area contributed by atoms with Crippen LogP contribution in [0.5, 0.6) is 0 Å². The van der Waals surface area contributed by atoms with Crippen molar-refractivity contribution in [3.63, 3.8) is 0 Å². The van der Waals surface area contributed by atoms with E-state index in [1.54, 1.807) is 25.1 Å². The van der Waals surface area contributed by atoms with Gasteiger partial charge in [0.2, 0.25) is 5.13 Å². The predicted molar refractivity (Wildman–Crippen MR) is 99.1 cm³/mol. The van der Waals surface area contributed by atoms with E-state index in [1.807, 2.05) is 12.1 Å². The first-order valence-corrected chi connectivity index (χ1v) is 8.97. The highest BCUT2D eigenvalue weighted by atomic mass is 35.5. The van der Waals surface area contributed by atoms with Gasteiger partial charge in [0.25, 0.3) is 5.91 Å². The number of rotatable bonds is 3. The number of amides is 1. The van der Waals surface area contributed by atoms with Gasteiger partial charge >= 0.3 is 0 Å². The molecule has 8 heteroatoms. The van der Waals surface area contributed by atoms with Crippen LogP contribution in [0.25, 0.3) is 6.08 Å². The zero-order valence-electron chi connectivity index (χ0n) is 12.8. The Morgan fingerprint density at radius 2 is 2.04 bits per heavy atom. The van der Waals surface area contributed by atoms with Gasteiger partial charge in [0.05, 0.1) is 15.5 Å². The monoisotopic (exact) mass is 377 g/mol. The van der Waals surface area contributed by atoms with Crippen LogP contribution in [0, 0.1) is 6.92 Å². The summed E-state index contributed by atoms with van der Waals surface area (Å²) >= 11 is 8.30. The van der Waals surface area contributed by atoms with Crippen LogP contribution in [0.3, 0.4) is 0 Å². The summed E-state index contributed by atoms with van der Waals surface area (Å²) in [7, 11) is 0. The van der Waals surface area contributed by atoms with Crippen LogP contribution in [0.15, 0.2) is 34.2 Å². The number of ketones is 1. The van der Waals surface area contributed by atoms with Gasteiger partial charge in [-0.2, -0.15) is 4.99 Å². The molecule has 1 saturated heterocycles. The van der Waals surface area contributed by atoms with E-state index in [-0.39, 0.29) is 11.7 Å². The molecule has 0 spiro atoms. The summed E-state index contributed by atoms with van der Waals surface area (Å²) in [5.74, 6) is -0.253. The number of thioether (sulfide) groups is 1. The van der Waals surface area contributed by atoms with Crippen molar-refractivity contribution in [1.29, 1.82) is 0 Å². The molecule has 1 aliphatic heterocycles. The molecule has 5 nitrogen and oxygen atoms in total. The van der Waals surface area contributed by atoms with E-state index < -0.39 is 0 Å². The first-order valence-electron chi connectivity index (χ1n) is 6.96. The van der Waals surface area contributed by atoms with E-state index in [1.165, 1.54) is 30.0 Å². The number of aliphatic imine (C=N–C) groups is 1. The Bertz CT molecular complexity index is 885. The normalized spacial score (nSPS) is 17.5. The van der Waals surface area contributed by atoms with Gasteiger partial charge in [-0.05, 0) is 42.5 Å². The molecule has 24 heavy (non-hydrogen) atoms. The number of nitrogens with one attached hydrogen (secondary N) is 1. The maximum absolute atomic E-state index is 12.0. The zero-order chi connectivity index (χ0) is 17.3. The Hall–Kier alpha value is -1.96. The van der Waals surface area contributed by atoms with Crippen molar-refractivity contribution in [3.8, 4) is 0 Å². The number of nitrogens with zero attached hydrogens (tertiary/aromatic N) is 2. The molecule has 3 rings (SSSR count). The molecule has 0 atom stereocenters. The number of amidine groups is 1. The summed E-state index contributed by atoms with van der Waals surface area (Å²) in [6, 6.07) is 7.20. The van der Waals surface area contributed by atoms with E-state index in [2.05, 4.69) is 15.3 Å². The summed E-state index contributed by atoms with van der Waals surface area (Å²) in [6.45, 7) is 3.26. The number of thiazole rings is 1. The summed E-state index contributed by atoms with van der Waals surface area (Å²) in [6.07, 6.45) is 1.77. The number of aryl methyl sites for hydroxylation is 1. The first-order chi connectivity index (χ1) is 11.4. The molecule has 2 aromatic rings. The number of hydrogen-bond acceptors (Lipinski definition) is 6. The molecule has 1 amide bonds. The summed E-state index contributed by atoms with van der Waals surface area (Å²) < 4.78 is 0. The lowest BCUT2D eigenvalue weighted by Gasteiger charge is -1.95. The predicted octanol–water partition coefficient (Wildman–Crippen LogP) is 4.20. The molecule has 0 unspecified atom stereocenters. The molecule has 1 N–H and O–H groups in total. The fraction of sp³-hybridized carbons (Fsp3) is 0.125. The molecule has 0 aliphatic carbocycles. The van der Waals surface area contributed by atoms with Crippen molar-refractivity contribution < 1.29 is 9.59 Å². The smallest absolute Gasteiger partial charge is 0.264 e. The SMILES string of the molecule is CC(=O)c1sc(/N=C2\NC(=O)/C(=C/c3ccc(Cl)cc3)S2)nc1C. The maximum atomic E-state index is 12.0. The summed E-state index contributed by atoms with van der Waals surface area (Å²) in [5.41, 5.74) is 1.53. The van der Waals surface area contributed by atoms with Crippen molar-refractivity contribution in [2.24, 2.45) is 4.99 Å². The van der Waals surface area contributed by atoms with E-state index in [0.29, 0.717) is 30.8 Å². The van der Waals surface area contributed by atoms with Crippen molar-refractivity contribution in [2.45, 2.75) is 13.8 Å². The average Bonchev–Trinajstić information content (AvgIpc) is 3.05. The van der Waals surface area contributed by atoms with Crippen molar-refractivity contribution in [1.82, 2.24) is 10.3 Å². The highest BCUT2D eigenvalue weighted by molar-refractivity contribution is 8.18. The average molecular weight is 378 g/mol. The molecule has 1 aromatic heterocycles. The molecule has 1 fully saturated rings. The van der Waals surface area contributed by atoms with E-state index in [9.17, 15) is 9.59 Å². The minimum atomic E-state index is -0.214. The Morgan fingerprint density at radius 1 is 1.33 bits per heavy atom. The highest BCUT2D eigenvalue weighted by Crippen LogP contribution is 2.31. The molecule has 0 saturated carbocycles. The van der Waals surface area contributed by atoms with Gasteiger partial charge in [-0.3, -0.25) is 9.59 Å². The lowest BCUT2D eigenvalue weighted by molar-refractivity contribution is -0.115. The fourth-order valence-corrected chi connectivity index (χ4v) is 3.88. The van der Waals surface area contributed by atoms with Gasteiger partial charge in [0.1, 0.15) is 0 Å². The minimum absolute atomic E-state index is 0.0390. The van der Waals surface area contributed by atoms with Crippen molar-refractivity contribution in [2.75, 3.05) is 0 Å². The second-order valence-electron chi connectivity index (χ2n) is 5.00. The second-order valence-corrected chi connectivity index (χ2v) is 7.45. The first kappa shape index (κ1) is 16.9. The lowest BCUT2D eigenvalue weighted by atomic mass is 10.2. The number of carbonyl (C=O) groups excluding carboxylic acids is 2. The van der Waals surface area contributed by atoms with Crippen LogP contribution in [-0.2, 0) is 4.79 Å². The molecule has 1 aliphatic rings. The van der Waals surface area contributed by atoms with E-state index >= 15 is 0 Å². The van der Waals surface area contributed by atoms with Crippen LogP contribution >= 0.6 is 34.7 Å². The fourth-order valence-electron chi connectivity index (χ4n) is 2.03. The van der Waals surface area contributed by atoms with Crippen molar-refractivity contribution in [3.05, 3.63) is 50.3 Å². The third kappa shape index (κ3) is 3.75. The molecule has 1 aromatic carbocycles. The quantitative estimate of drug-likeness (QED) is 0.642. The topological polar surface area (TPSA) is 71.4 Å². The maximum Gasteiger partial charge on any atom is 0.264 e. The van der Waals surface area contributed by atoms with Gasteiger partial charge in [-0.1, -0.05) is 35.1 Å². The number of aromatic nitrogens is 1. The number of hydrogen-bond donors (Lipinski definition) is 1. The molecular formula is C16H12ClN3O2S2. The molecule has 0 radical (unpaired) electrons. The Kier molecular flexibility index (Phi) is 4.84. The lowest BCUT2D eigenvalue weighted by Crippen LogP contribution is -2.19.